The Bertz CT molecular complexity index is 1910. The molecule has 5 rings (SSSR count). The number of aromatic nitrogens is 3. The fourth-order valence-electron chi connectivity index (χ4n) is 5.10. The van der Waals surface area contributed by atoms with E-state index in [1.54, 1.807) is 12.1 Å². The van der Waals surface area contributed by atoms with Gasteiger partial charge in [-0.2, -0.15) is 17.9 Å². The van der Waals surface area contributed by atoms with E-state index in [0.29, 0.717) is 30.8 Å². The monoisotopic (exact) mass is 637 g/mol. The van der Waals surface area contributed by atoms with E-state index >= 15 is 0 Å². The molecule has 0 aliphatic carbocycles. The lowest BCUT2D eigenvalue weighted by Crippen LogP contribution is -2.24. The predicted molar refractivity (Wildman–Crippen MR) is 160 cm³/mol. The molecule has 7 nitrogen and oxygen atoms in total. The van der Waals surface area contributed by atoms with Crippen molar-refractivity contribution in [3.8, 4) is 28.3 Å². The van der Waals surface area contributed by atoms with Crippen LogP contribution >= 0.6 is 0 Å². The minimum absolute atomic E-state index is 0.0335. The summed E-state index contributed by atoms with van der Waals surface area (Å²) in [6, 6.07) is 19.4. The molecular weight excluding hydrogens is 609 g/mol. The van der Waals surface area contributed by atoms with Crippen LogP contribution in [0.1, 0.15) is 35.9 Å². The second-order valence-corrected chi connectivity index (χ2v) is 10.5. The highest BCUT2D eigenvalue weighted by Crippen LogP contribution is 2.30. The number of nitrogens with zero attached hydrogens (tertiary/aromatic N) is 3. The van der Waals surface area contributed by atoms with E-state index in [1.807, 2.05) is 37.3 Å². The molecule has 46 heavy (non-hydrogen) atoms. The van der Waals surface area contributed by atoms with Gasteiger partial charge in [0.1, 0.15) is 23.2 Å². The first-order valence-electron chi connectivity index (χ1n) is 14.4. The standard InChI is InChI=1S/C34H28F5N3O4/c1-2-46-30-17-10-23(18-24(30)19-32(43)44)22-8-6-21(7-9-22)4-3-5-31-40-42(27-14-11-25(12-15-27)34(37,38)39)33(45)41(31)29-20-26(35)13-16-28(29)36/h6-18,20H,2-5,19H2,1H3,(H,43,44). The number of aliphatic carboxylic acids is 1. The minimum Gasteiger partial charge on any atom is -0.494 e. The number of halogens is 5. The highest BCUT2D eigenvalue weighted by Gasteiger charge is 2.30. The van der Waals surface area contributed by atoms with Crippen LogP contribution in [0.25, 0.3) is 22.5 Å². The zero-order valence-corrected chi connectivity index (χ0v) is 24.5. The van der Waals surface area contributed by atoms with Crippen molar-refractivity contribution in [2.45, 2.75) is 38.8 Å². The molecule has 0 bridgehead atoms. The molecule has 0 unspecified atom stereocenters. The molecule has 1 aromatic heterocycles. The lowest BCUT2D eigenvalue weighted by atomic mass is 9.98. The van der Waals surface area contributed by atoms with Crippen molar-refractivity contribution >= 4 is 5.97 Å². The van der Waals surface area contributed by atoms with Crippen LogP contribution in [0, 0.1) is 11.6 Å². The van der Waals surface area contributed by atoms with Crippen LogP contribution in [0.4, 0.5) is 22.0 Å². The molecular formula is C34H28F5N3O4. The minimum atomic E-state index is -4.57. The molecule has 0 radical (unpaired) electrons. The van der Waals surface area contributed by atoms with Crippen LogP contribution in [0.5, 0.6) is 5.75 Å². The van der Waals surface area contributed by atoms with Gasteiger partial charge in [0.05, 0.1) is 30.0 Å². The third kappa shape index (κ3) is 7.17. The summed E-state index contributed by atoms with van der Waals surface area (Å²) in [5.41, 5.74) is 1.09. The molecule has 0 aliphatic heterocycles. The molecule has 0 spiro atoms. The normalized spacial score (nSPS) is 11.5. The average Bonchev–Trinajstić information content (AvgIpc) is 3.34. The highest BCUT2D eigenvalue weighted by molar-refractivity contribution is 5.74. The summed E-state index contributed by atoms with van der Waals surface area (Å²) in [5.74, 6) is -2.00. The highest BCUT2D eigenvalue weighted by atomic mass is 19.4. The molecule has 1 N–H and O–H groups in total. The largest absolute Gasteiger partial charge is 0.494 e. The van der Waals surface area contributed by atoms with Crippen molar-refractivity contribution in [3.05, 3.63) is 130 Å². The van der Waals surface area contributed by atoms with E-state index in [2.05, 4.69) is 5.10 Å². The first-order valence-corrected chi connectivity index (χ1v) is 14.4. The number of ether oxygens (including phenoxy) is 1. The van der Waals surface area contributed by atoms with E-state index in [9.17, 15) is 36.6 Å². The Morgan fingerprint density at radius 3 is 2.24 bits per heavy atom. The van der Waals surface area contributed by atoms with E-state index in [4.69, 9.17) is 4.74 Å². The van der Waals surface area contributed by atoms with Gasteiger partial charge in [0, 0.05) is 18.1 Å². The van der Waals surface area contributed by atoms with E-state index in [-0.39, 0.29) is 30.0 Å². The van der Waals surface area contributed by atoms with Crippen LogP contribution < -0.4 is 10.4 Å². The molecule has 238 valence electrons. The predicted octanol–water partition coefficient (Wildman–Crippen LogP) is 7.19. The number of hydrogen-bond donors (Lipinski definition) is 1. The first-order chi connectivity index (χ1) is 21.9. The van der Waals surface area contributed by atoms with E-state index in [0.717, 1.165) is 68.4 Å². The molecule has 0 aliphatic rings. The number of carboxylic acid groups (broad SMARTS) is 1. The van der Waals surface area contributed by atoms with Crippen LogP contribution in [-0.2, 0) is 30.2 Å². The van der Waals surface area contributed by atoms with Crippen LogP contribution in [0.2, 0.25) is 0 Å². The van der Waals surface area contributed by atoms with Gasteiger partial charge in [0.15, 0.2) is 0 Å². The third-order valence-electron chi connectivity index (χ3n) is 7.29. The zero-order chi connectivity index (χ0) is 33.0. The Morgan fingerprint density at radius 1 is 0.891 bits per heavy atom. The summed E-state index contributed by atoms with van der Waals surface area (Å²) < 4.78 is 75.5. The summed E-state index contributed by atoms with van der Waals surface area (Å²) >= 11 is 0. The van der Waals surface area contributed by atoms with Gasteiger partial charge in [-0.1, -0.05) is 30.3 Å². The van der Waals surface area contributed by atoms with Crippen molar-refractivity contribution in [3.63, 3.8) is 0 Å². The van der Waals surface area contributed by atoms with Gasteiger partial charge in [-0.25, -0.2) is 18.1 Å². The summed E-state index contributed by atoms with van der Waals surface area (Å²) in [6.07, 6.45) is -3.61. The van der Waals surface area contributed by atoms with Gasteiger partial charge in [-0.3, -0.25) is 4.79 Å². The summed E-state index contributed by atoms with van der Waals surface area (Å²) in [6.45, 7) is 2.23. The first kappa shape index (κ1) is 32.1. The number of hydrogen-bond acceptors (Lipinski definition) is 4. The van der Waals surface area contributed by atoms with E-state index < -0.39 is 35.0 Å². The Kier molecular flexibility index (Phi) is 9.36. The van der Waals surface area contributed by atoms with Crippen molar-refractivity contribution in [2.75, 3.05) is 6.61 Å². The number of carbonyl (C=O) groups is 1. The topological polar surface area (TPSA) is 86.4 Å². The lowest BCUT2D eigenvalue weighted by molar-refractivity contribution is -0.138. The van der Waals surface area contributed by atoms with Crippen LogP contribution in [0.15, 0.2) is 89.7 Å². The summed E-state index contributed by atoms with van der Waals surface area (Å²) in [7, 11) is 0. The Hall–Kier alpha value is -5.26. The second-order valence-electron chi connectivity index (χ2n) is 10.5. The molecule has 12 heteroatoms. The maximum absolute atomic E-state index is 14.8. The third-order valence-corrected chi connectivity index (χ3v) is 7.29. The molecule has 4 aromatic carbocycles. The maximum atomic E-state index is 14.8. The molecule has 0 atom stereocenters. The number of rotatable bonds is 11. The second kappa shape index (κ2) is 13.4. The zero-order valence-electron chi connectivity index (χ0n) is 24.5. The van der Waals surface area contributed by atoms with Crippen LogP contribution in [-0.4, -0.2) is 32.0 Å². The molecule has 0 saturated carbocycles. The van der Waals surface area contributed by atoms with Gasteiger partial charge < -0.3 is 9.84 Å². The van der Waals surface area contributed by atoms with E-state index in [1.165, 1.54) is 0 Å². The van der Waals surface area contributed by atoms with Crippen molar-refractivity contribution in [1.82, 2.24) is 14.3 Å². The maximum Gasteiger partial charge on any atom is 0.416 e. The number of carboxylic acids is 1. The van der Waals surface area contributed by atoms with Gasteiger partial charge in [-0.05, 0) is 85.0 Å². The summed E-state index contributed by atoms with van der Waals surface area (Å²) in [5, 5.41) is 13.6. The molecule has 1 heterocycles. The molecule has 0 saturated heterocycles. The van der Waals surface area contributed by atoms with Gasteiger partial charge in [-0.15, -0.1) is 5.10 Å². The number of alkyl halides is 3. The fourth-order valence-corrected chi connectivity index (χ4v) is 5.10. The average molecular weight is 638 g/mol. The Morgan fingerprint density at radius 2 is 1.59 bits per heavy atom. The smallest absolute Gasteiger partial charge is 0.416 e. The number of aryl methyl sites for hydroxylation is 2. The van der Waals surface area contributed by atoms with Gasteiger partial charge >= 0.3 is 17.8 Å². The van der Waals surface area contributed by atoms with Crippen molar-refractivity contribution < 1.29 is 36.6 Å². The summed E-state index contributed by atoms with van der Waals surface area (Å²) in [4.78, 5) is 24.7. The van der Waals surface area contributed by atoms with Crippen molar-refractivity contribution in [2.24, 2.45) is 0 Å². The quantitative estimate of drug-likeness (QED) is 0.155. The Labute approximate surface area is 260 Å². The number of benzene rings is 4. The molecule has 5 aromatic rings. The lowest BCUT2D eigenvalue weighted by Gasteiger charge is -2.12. The van der Waals surface area contributed by atoms with Crippen molar-refractivity contribution in [1.29, 1.82) is 0 Å². The van der Waals surface area contributed by atoms with Gasteiger partial charge in [0.25, 0.3) is 0 Å². The SMILES string of the molecule is CCOc1ccc(-c2ccc(CCCc3nn(-c4ccc(C(F)(F)F)cc4)c(=O)n3-c3cc(F)ccc3F)cc2)cc1CC(=O)O. The fraction of sp³-hybridized carbons (Fsp3) is 0.206. The Balaban J connectivity index is 1.38. The van der Waals surface area contributed by atoms with Gasteiger partial charge in [0.2, 0.25) is 0 Å². The molecule has 0 fully saturated rings. The molecule has 0 amide bonds. The van der Waals surface area contributed by atoms with Crippen LogP contribution in [0.3, 0.4) is 0 Å².